The first-order chi connectivity index (χ1) is 10.1. The smallest absolute Gasteiger partial charge is 0.236 e. The van der Waals surface area contributed by atoms with E-state index >= 15 is 0 Å². The molecule has 0 atom stereocenters. The minimum Gasteiger partial charge on any atom is -0.494 e. The van der Waals surface area contributed by atoms with Crippen LogP contribution in [0, 0.1) is 11.2 Å². The van der Waals surface area contributed by atoms with Crippen LogP contribution in [0.5, 0.6) is 5.75 Å². The van der Waals surface area contributed by atoms with Gasteiger partial charge in [0.1, 0.15) is 0 Å². The molecule has 5 heteroatoms. The fraction of sp³-hybridized carbons (Fsp3) is 0.500. The van der Waals surface area contributed by atoms with E-state index in [4.69, 9.17) is 4.74 Å². The minimum absolute atomic E-state index is 0.0822. The number of nitrogens with zero attached hydrogens (tertiary/aromatic N) is 1. The SMILES string of the molecule is COc1ccc(CN2C(=O)CC3(CCCC3)C2=O)cc1F. The van der Waals surface area contributed by atoms with Gasteiger partial charge in [0.05, 0.1) is 19.1 Å². The average molecular weight is 291 g/mol. The second kappa shape index (κ2) is 5.13. The Balaban J connectivity index is 1.80. The van der Waals surface area contributed by atoms with Gasteiger partial charge in [-0.1, -0.05) is 18.9 Å². The molecule has 0 radical (unpaired) electrons. The number of ether oxygens (including phenoxy) is 1. The topological polar surface area (TPSA) is 46.6 Å². The molecule has 1 saturated heterocycles. The van der Waals surface area contributed by atoms with Crippen LogP contribution in [0.15, 0.2) is 18.2 Å². The lowest BCUT2D eigenvalue weighted by Crippen LogP contribution is -2.33. The number of rotatable bonds is 3. The van der Waals surface area contributed by atoms with Crippen LogP contribution < -0.4 is 4.74 Å². The van der Waals surface area contributed by atoms with Gasteiger partial charge < -0.3 is 4.74 Å². The molecule has 21 heavy (non-hydrogen) atoms. The quantitative estimate of drug-likeness (QED) is 0.804. The summed E-state index contributed by atoms with van der Waals surface area (Å²) in [7, 11) is 1.40. The van der Waals surface area contributed by atoms with E-state index in [1.54, 1.807) is 6.07 Å². The van der Waals surface area contributed by atoms with E-state index in [9.17, 15) is 14.0 Å². The van der Waals surface area contributed by atoms with Crippen LogP contribution in [0.3, 0.4) is 0 Å². The molecule has 1 heterocycles. The van der Waals surface area contributed by atoms with Gasteiger partial charge in [0.2, 0.25) is 11.8 Å². The molecule has 1 aliphatic heterocycles. The summed E-state index contributed by atoms with van der Waals surface area (Å²) in [5.74, 6) is -0.547. The molecule has 1 spiro atoms. The molecule has 1 aliphatic carbocycles. The van der Waals surface area contributed by atoms with Gasteiger partial charge in [0, 0.05) is 6.42 Å². The van der Waals surface area contributed by atoms with Gasteiger partial charge >= 0.3 is 0 Å². The molecule has 2 aliphatic rings. The van der Waals surface area contributed by atoms with Crippen molar-refractivity contribution in [3.63, 3.8) is 0 Å². The lowest BCUT2D eigenvalue weighted by atomic mass is 9.84. The molecule has 0 bridgehead atoms. The molecule has 4 nitrogen and oxygen atoms in total. The molecule has 1 aromatic carbocycles. The second-order valence-electron chi connectivity index (χ2n) is 5.92. The van der Waals surface area contributed by atoms with Crippen LogP contribution in [0.1, 0.15) is 37.7 Å². The van der Waals surface area contributed by atoms with Crippen molar-refractivity contribution >= 4 is 11.8 Å². The maximum absolute atomic E-state index is 13.7. The third-order valence-corrected chi connectivity index (χ3v) is 4.61. The number of hydrogen-bond donors (Lipinski definition) is 0. The zero-order chi connectivity index (χ0) is 15.0. The number of carbonyl (C=O) groups is 2. The predicted molar refractivity (Wildman–Crippen MR) is 74.0 cm³/mol. The van der Waals surface area contributed by atoms with E-state index in [1.165, 1.54) is 24.1 Å². The molecule has 0 N–H and O–H groups in total. The van der Waals surface area contributed by atoms with Gasteiger partial charge in [0.15, 0.2) is 11.6 Å². The first-order valence-electron chi connectivity index (χ1n) is 7.23. The highest BCUT2D eigenvalue weighted by Crippen LogP contribution is 2.47. The molecule has 3 rings (SSSR count). The molecule has 1 aromatic rings. The molecule has 112 valence electrons. The van der Waals surface area contributed by atoms with Crippen molar-refractivity contribution in [3.05, 3.63) is 29.6 Å². The molecule has 2 fully saturated rings. The Bertz CT molecular complexity index is 593. The summed E-state index contributed by atoms with van der Waals surface area (Å²) in [6, 6.07) is 4.52. The van der Waals surface area contributed by atoms with Gasteiger partial charge in [-0.3, -0.25) is 14.5 Å². The second-order valence-corrected chi connectivity index (χ2v) is 5.92. The predicted octanol–water partition coefficient (Wildman–Crippen LogP) is 2.65. The van der Waals surface area contributed by atoms with Gasteiger partial charge in [-0.05, 0) is 30.5 Å². The monoisotopic (exact) mass is 291 g/mol. The van der Waals surface area contributed by atoms with Crippen molar-refractivity contribution in [3.8, 4) is 5.75 Å². The van der Waals surface area contributed by atoms with Crippen molar-refractivity contribution in [1.29, 1.82) is 0 Å². The van der Waals surface area contributed by atoms with Gasteiger partial charge in [-0.15, -0.1) is 0 Å². The van der Waals surface area contributed by atoms with Crippen molar-refractivity contribution < 1.29 is 18.7 Å². The van der Waals surface area contributed by atoms with Crippen molar-refractivity contribution in [2.24, 2.45) is 5.41 Å². The van der Waals surface area contributed by atoms with Crippen LogP contribution >= 0.6 is 0 Å². The molecule has 0 unspecified atom stereocenters. The fourth-order valence-electron chi connectivity index (χ4n) is 3.45. The van der Waals surface area contributed by atoms with Gasteiger partial charge in [0.25, 0.3) is 0 Å². The lowest BCUT2D eigenvalue weighted by molar-refractivity contribution is -0.142. The molecular weight excluding hydrogens is 273 g/mol. The lowest BCUT2D eigenvalue weighted by Gasteiger charge is -2.21. The summed E-state index contributed by atoms with van der Waals surface area (Å²) in [5.41, 5.74) is 0.132. The summed E-state index contributed by atoms with van der Waals surface area (Å²) in [5, 5.41) is 0. The molecular formula is C16H18FNO3. The Hall–Kier alpha value is -1.91. The van der Waals surface area contributed by atoms with Crippen LogP contribution in [-0.4, -0.2) is 23.8 Å². The standard InChI is InChI=1S/C16H18FNO3/c1-21-13-5-4-11(8-12(13)17)10-18-14(19)9-16(15(18)20)6-2-3-7-16/h4-5,8H,2-3,6-7,9-10H2,1H3. The molecule has 0 aromatic heterocycles. The maximum Gasteiger partial charge on any atom is 0.236 e. The number of amides is 2. The zero-order valence-electron chi connectivity index (χ0n) is 12.0. The summed E-state index contributed by atoms with van der Waals surface area (Å²) in [6.07, 6.45) is 3.91. The first-order valence-corrected chi connectivity index (χ1v) is 7.23. The summed E-state index contributed by atoms with van der Waals surface area (Å²) >= 11 is 0. The number of halogens is 1. The molecule has 1 saturated carbocycles. The van der Waals surface area contributed by atoms with E-state index in [2.05, 4.69) is 0 Å². The van der Waals surface area contributed by atoms with Crippen molar-refractivity contribution in [2.45, 2.75) is 38.6 Å². The van der Waals surface area contributed by atoms with E-state index in [0.29, 0.717) is 12.0 Å². The zero-order valence-corrected chi connectivity index (χ0v) is 12.0. The highest BCUT2D eigenvalue weighted by Gasteiger charge is 2.52. The van der Waals surface area contributed by atoms with Gasteiger partial charge in [-0.2, -0.15) is 0 Å². The highest BCUT2D eigenvalue weighted by atomic mass is 19.1. The fourth-order valence-corrected chi connectivity index (χ4v) is 3.45. The van der Waals surface area contributed by atoms with Crippen molar-refractivity contribution in [2.75, 3.05) is 7.11 Å². The van der Waals surface area contributed by atoms with Crippen LogP contribution in [0.2, 0.25) is 0 Å². The van der Waals surface area contributed by atoms with Crippen LogP contribution in [0.4, 0.5) is 4.39 Å². The van der Waals surface area contributed by atoms with E-state index in [-0.39, 0.29) is 24.1 Å². The Morgan fingerprint density at radius 2 is 2.00 bits per heavy atom. The van der Waals surface area contributed by atoms with E-state index in [1.807, 2.05) is 0 Å². The summed E-state index contributed by atoms with van der Waals surface area (Å²) in [4.78, 5) is 26.0. The summed E-state index contributed by atoms with van der Waals surface area (Å²) in [6.45, 7) is 0.139. The largest absolute Gasteiger partial charge is 0.494 e. The Morgan fingerprint density at radius 3 is 2.62 bits per heavy atom. The number of benzene rings is 1. The number of imide groups is 1. The van der Waals surface area contributed by atoms with Crippen molar-refractivity contribution in [1.82, 2.24) is 4.90 Å². The minimum atomic E-state index is -0.482. The number of hydrogen-bond acceptors (Lipinski definition) is 3. The number of likely N-dealkylation sites (tertiary alicyclic amines) is 1. The third-order valence-electron chi connectivity index (χ3n) is 4.61. The summed E-state index contributed by atoms with van der Waals surface area (Å²) < 4.78 is 18.6. The van der Waals surface area contributed by atoms with E-state index in [0.717, 1.165) is 25.7 Å². The van der Waals surface area contributed by atoms with E-state index < -0.39 is 11.2 Å². The number of methoxy groups -OCH3 is 1. The Morgan fingerprint density at radius 1 is 1.29 bits per heavy atom. The van der Waals surface area contributed by atoms with Crippen LogP contribution in [-0.2, 0) is 16.1 Å². The first kappa shape index (κ1) is 14.0. The van der Waals surface area contributed by atoms with Crippen LogP contribution in [0.25, 0.3) is 0 Å². The number of carbonyl (C=O) groups excluding carboxylic acids is 2. The normalized spacial score (nSPS) is 20.6. The Kier molecular flexibility index (Phi) is 3.43. The van der Waals surface area contributed by atoms with Gasteiger partial charge in [-0.25, -0.2) is 4.39 Å². The third kappa shape index (κ3) is 2.30. The highest BCUT2D eigenvalue weighted by molar-refractivity contribution is 6.05. The molecule has 2 amide bonds. The Labute approximate surface area is 122 Å². The maximum atomic E-state index is 13.7. The average Bonchev–Trinajstić information content (AvgIpc) is 3.01.